The van der Waals surface area contributed by atoms with Crippen LogP contribution in [0.15, 0.2) is 58.9 Å². The highest BCUT2D eigenvalue weighted by Gasteiger charge is 2.19. The zero-order valence-corrected chi connectivity index (χ0v) is 17.7. The van der Waals surface area contributed by atoms with E-state index in [0.29, 0.717) is 40.7 Å². The maximum Gasteiger partial charge on any atom is 0.237 e. The first kappa shape index (κ1) is 20.2. The van der Waals surface area contributed by atoms with Crippen molar-refractivity contribution in [1.82, 2.24) is 10.2 Å². The number of ether oxygens (including phenoxy) is 2. The number of nitrogens with zero attached hydrogens (tertiary/aromatic N) is 3. The van der Waals surface area contributed by atoms with Gasteiger partial charge in [0.2, 0.25) is 11.0 Å². The lowest BCUT2D eigenvalue weighted by Crippen LogP contribution is -2.32. The van der Waals surface area contributed by atoms with E-state index in [9.17, 15) is 4.79 Å². The second-order valence-electron chi connectivity index (χ2n) is 6.34. The molecule has 154 valence electrons. The van der Waals surface area contributed by atoms with E-state index < -0.39 is 0 Å². The lowest BCUT2D eigenvalue weighted by Gasteiger charge is -2.24. The predicted molar refractivity (Wildman–Crippen MR) is 120 cm³/mol. The Balaban J connectivity index is 1.52. The number of thioether (sulfide) groups is 1. The monoisotopic (exact) mass is 440 g/mol. The minimum Gasteiger partial charge on any atom is -0.486 e. The zero-order chi connectivity index (χ0) is 20.8. The Kier molecular flexibility index (Phi) is 6.50. The van der Waals surface area contributed by atoms with Crippen molar-refractivity contribution in [3.8, 4) is 11.5 Å². The molecule has 30 heavy (non-hydrogen) atoms. The highest BCUT2D eigenvalue weighted by molar-refractivity contribution is 8.01. The smallest absolute Gasteiger partial charge is 0.237 e. The molecule has 1 amide bonds. The summed E-state index contributed by atoms with van der Waals surface area (Å²) in [7, 11) is 0. The first-order valence-electron chi connectivity index (χ1n) is 9.32. The van der Waals surface area contributed by atoms with Crippen LogP contribution in [0.2, 0.25) is 0 Å². The van der Waals surface area contributed by atoms with Crippen LogP contribution >= 0.6 is 23.1 Å². The zero-order valence-electron chi connectivity index (χ0n) is 16.1. The molecular weight excluding hydrogens is 420 g/mol. The molecule has 2 heterocycles. The molecule has 1 aliphatic heterocycles. The summed E-state index contributed by atoms with van der Waals surface area (Å²) >= 11 is 2.59. The lowest BCUT2D eigenvalue weighted by molar-refractivity contribution is -0.116. The third-order valence-corrected chi connectivity index (χ3v) is 6.15. The van der Waals surface area contributed by atoms with E-state index in [4.69, 9.17) is 15.2 Å². The summed E-state index contributed by atoms with van der Waals surface area (Å²) in [5.41, 5.74) is 7.45. The standard InChI is InChI=1S/C21H20N4O3S2/c22-20-23-24-21(30-20)29-14-19(26)25(10-4-7-15-5-2-1-3-6-15)16-8-9-17-18(13-16)28-12-11-27-17/h1-9,13H,10-12,14H2,(H2,22,23). The maximum atomic E-state index is 13.1. The van der Waals surface area contributed by atoms with Crippen LogP contribution in [0.3, 0.4) is 0 Å². The summed E-state index contributed by atoms with van der Waals surface area (Å²) in [5.74, 6) is 1.51. The Hall–Kier alpha value is -3.04. The Morgan fingerprint density at radius 2 is 1.93 bits per heavy atom. The van der Waals surface area contributed by atoms with E-state index in [2.05, 4.69) is 10.2 Å². The van der Waals surface area contributed by atoms with Crippen molar-refractivity contribution < 1.29 is 14.3 Å². The van der Waals surface area contributed by atoms with Gasteiger partial charge in [-0.2, -0.15) is 0 Å². The molecule has 0 spiro atoms. The van der Waals surface area contributed by atoms with Gasteiger partial charge in [0.1, 0.15) is 13.2 Å². The molecule has 0 aliphatic carbocycles. The number of benzene rings is 2. The number of nitrogen functional groups attached to an aromatic ring is 1. The number of carbonyl (C=O) groups is 1. The summed E-state index contributed by atoms with van der Waals surface area (Å²) in [5, 5.41) is 8.14. The van der Waals surface area contributed by atoms with Crippen LogP contribution in [0.1, 0.15) is 5.56 Å². The maximum absolute atomic E-state index is 13.1. The molecule has 9 heteroatoms. The summed E-state index contributed by atoms with van der Waals surface area (Å²) in [6, 6.07) is 15.5. The quantitative estimate of drug-likeness (QED) is 0.560. The van der Waals surface area contributed by atoms with Gasteiger partial charge >= 0.3 is 0 Å². The van der Waals surface area contributed by atoms with Gasteiger partial charge in [-0.15, -0.1) is 10.2 Å². The van der Waals surface area contributed by atoms with E-state index in [1.807, 2.05) is 60.7 Å². The number of anilines is 2. The number of amides is 1. The Morgan fingerprint density at radius 1 is 1.13 bits per heavy atom. The van der Waals surface area contributed by atoms with Gasteiger partial charge in [-0.3, -0.25) is 4.79 Å². The first-order chi connectivity index (χ1) is 14.7. The van der Waals surface area contributed by atoms with Crippen molar-refractivity contribution in [2.45, 2.75) is 4.34 Å². The lowest BCUT2D eigenvalue weighted by atomic mass is 10.2. The highest BCUT2D eigenvalue weighted by atomic mass is 32.2. The average molecular weight is 441 g/mol. The second-order valence-corrected chi connectivity index (χ2v) is 8.57. The molecule has 0 radical (unpaired) electrons. The molecule has 7 nitrogen and oxygen atoms in total. The summed E-state index contributed by atoms with van der Waals surface area (Å²) in [6.07, 6.45) is 3.97. The van der Waals surface area contributed by atoms with Gasteiger partial charge in [0, 0.05) is 18.3 Å². The highest BCUT2D eigenvalue weighted by Crippen LogP contribution is 2.34. The molecule has 0 unspecified atom stereocenters. The summed E-state index contributed by atoms with van der Waals surface area (Å²) in [4.78, 5) is 14.8. The molecule has 2 N–H and O–H groups in total. The fraction of sp³-hybridized carbons (Fsp3) is 0.190. The fourth-order valence-electron chi connectivity index (χ4n) is 2.89. The summed E-state index contributed by atoms with van der Waals surface area (Å²) in [6.45, 7) is 1.44. The number of rotatable bonds is 7. The van der Waals surface area contributed by atoms with E-state index in [0.717, 1.165) is 11.3 Å². The van der Waals surface area contributed by atoms with E-state index in [1.54, 1.807) is 4.90 Å². The molecular formula is C21H20N4O3S2. The van der Waals surface area contributed by atoms with E-state index in [1.165, 1.54) is 23.1 Å². The third kappa shape index (κ3) is 5.11. The second kappa shape index (κ2) is 9.64. The topological polar surface area (TPSA) is 90.6 Å². The third-order valence-electron chi connectivity index (χ3n) is 4.28. The van der Waals surface area contributed by atoms with Crippen molar-refractivity contribution in [3.05, 3.63) is 60.2 Å². The first-order valence-corrected chi connectivity index (χ1v) is 11.1. The predicted octanol–water partition coefficient (Wildman–Crippen LogP) is 3.73. The van der Waals surface area contributed by atoms with Crippen LogP contribution in [-0.2, 0) is 4.79 Å². The van der Waals surface area contributed by atoms with Crippen molar-refractivity contribution in [3.63, 3.8) is 0 Å². The van der Waals surface area contributed by atoms with Crippen molar-refractivity contribution in [2.75, 3.05) is 36.1 Å². The minimum absolute atomic E-state index is 0.0526. The molecule has 0 fully saturated rings. The molecule has 0 saturated carbocycles. The van der Waals surface area contributed by atoms with Crippen molar-refractivity contribution >= 4 is 45.9 Å². The fourth-order valence-corrected chi connectivity index (χ4v) is 4.40. The number of nitrogens with two attached hydrogens (primary N) is 1. The number of carbonyl (C=O) groups excluding carboxylic acids is 1. The molecule has 0 saturated heterocycles. The van der Waals surface area contributed by atoms with Crippen molar-refractivity contribution in [1.29, 1.82) is 0 Å². The van der Waals surface area contributed by atoms with E-state index >= 15 is 0 Å². The largest absolute Gasteiger partial charge is 0.486 e. The molecule has 4 rings (SSSR count). The van der Waals surface area contributed by atoms with Crippen LogP contribution in [0.5, 0.6) is 11.5 Å². The molecule has 0 atom stereocenters. The normalized spacial score (nSPS) is 12.8. The van der Waals surface area contributed by atoms with Gasteiger partial charge in [0.25, 0.3) is 0 Å². The van der Waals surface area contributed by atoms with E-state index in [-0.39, 0.29) is 11.7 Å². The Labute approximate surface area is 182 Å². The average Bonchev–Trinajstić information content (AvgIpc) is 3.20. The number of hydrogen-bond donors (Lipinski definition) is 1. The molecule has 3 aromatic rings. The number of fused-ring (bicyclic) bond motifs is 1. The van der Waals surface area contributed by atoms with Crippen LogP contribution in [0.25, 0.3) is 6.08 Å². The molecule has 2 aromatic carbocycles. The van der Waals surface area contributed by atoms with Gasteiger partial charge in [-0.25, -0.2) is 0 Å². The Bertz CT molecular complexity index is 1040. The minimum atomic E-state index is -0.0526. The van der Waals surface area contributed by atoms with Crippen LogP contribution < -0.4 is 20.1 Å². The van der Waals surface area contributed by atoms with Gasteiger partial charge in [0.15, 0.2) is 15.8 Å². The van der Waals surface area contributed by atoms with Gasteiger partial charge in [-0.05, 0) is 17.7 Å². The number of hydrogen-bond acceptors (Lipinski definition) is 8. The summed E-state index contributed by atoms with van der Waals surface area (Å²) < 4.78 is 11.9. The molecule has 1 aliphatic rings. The molecule has 1 aromatic heterocycles. The van der Waals surface area contributed by atoms with Gasteiger partial charge in [0.05, 0.1) is 5.75 Å². The van der Waals surface area contributed by atoms with Gasteiger partial charge < -0.3 is 20.1 Å². The van der Waals surface area contributed by atoms with Crippen LogP contribution in [-0.4, -0.2) is 41.6 Å². The Morgan fingerprint density at radius 3 is 2.70 bits per heavy atom. The van der Waals surface area contributed by atoms with Crippen LogP contribution in [0, 0.1) is 0 Å². The van der Waals surface area contributed by atoms with Crippen LogP contribution in [0.4, 0.5) is 10.8 Å². The number of aromatic nitrogens is 2. The SMILES string of the molecule is Nc1nnc(SCC(=O)N(CC=Cc2ccccc2)c2ccc3c(c2)OCCO3)s1. The molecule has 0 bridgehead atoms. The van der Waals surface area contributed by atoms with Gasteiger partial charge in [-0.1, -0.05) is 65.6 Å². The van der Waals surface area contributed by atoms with Crippen molar-refractivity contribution in [2.24, 2.45) is 0 Å².